The van der Waals surface area contributed by atoms with Crippen molar-refractivity contribution in [3.8, 4) is 0 Å². The van der Waals surface area contributed by atoms with E-state index < -0.39 is 17.2 Å². The van der Waals surface area contributed by atoms with Crippen LogP contribution in [0, 0.1) is 0 Å². The zero-order valence-electron chi connectivity index (χ0n) is 17.8. The maximum atomic E-state index is 13.2. The SMILES string of the molecule is CC(Sc1nc2ccccc2c(=O)n1Cc1cccnc1)C(=O)NC(=O)Nc1ccccc1. The van der Waals surface area contributed by atoms with Crippen LogP contribution in [-0.4, -0.2) is 31.7 Å². The molecule has 0 radical (unpaired) electrons. The Bertz CT molecular complexity index is 1340. The lowest BCUT2D eigenvalue weighted by Gasteiger charge is -2.16. The van der Waals surface area contributed by atoms with E-state index in [1.54, 1.807) is 73.9 Å². The lowest BCUT2D eigenvalue weighted by Crippen LogP contribution is -2.39. The second kappa shape index (κ2) is 10.1. The van der Waals surface area contributed by atoms with Crippen LogP contribution in [0.5, 0.6) is 0 Å². The van der Waals surface area contributed by atoms with Crippen LogP contribution in [0.3, 0.4) is 0 Å². The first-order valence-corrected chi connectivity index (χ1v) is 11.1. The molecule has 0 aliphatic rings. The van der Waals surface area contributed by atoms with E-state index in [9.17, 15) is 14.4 Å². The number of carbonyl (C=O) groups is 2. The number of thioether (sulfide) groups is 1. The molecule has 3 amide bonds. The second-order valence-electron chi connectivity index (χ2n) is 7.23. The number of rotatable bonds is 6. The molecule has 33 heavy (non-hydrogen) atoms. The van der Waals surface area contributed by atoms with E-state index >= 15 is 0 Å². The Hall–Kier alpha value is -3.98. The van der Waals surface area contributed by atoms with Gasteiger partial charge in [-0.3, -0.25) is 24.5 Å². The van der Waals surface area contributed by atoms with Crippen LogP contribution in [0.2, 0.25) is 0 Å². The van der Waals surface area contributed by atoms with Gasteiger partial charge in [-0.1, -0.05) is 48.2 Å². The third-order valence-electron chi connectivity index (χ3n) is 4.81. The largest absolute Gasteiger partial charge is 0.325 e. The van der Waals surface area contributed by atoms with Gasteiger partial charge >= 0.3 is 6.03 Å². The van der Waals surface area contributed by atoms with Crippen molar-refractivity contribution in [2.24, 2.45) is 0 Å². The number of nitrogens with zero attached hydrogens (tertiary/aromatic N) is 3. The molecule has 4 rings (SSSR count). The van der Waals surface area contributed by atoms with Gasteiger partial charge in [0.1, 0.15) is 0 Å². The van der Waals surface area contributed by atoms with Crippen molar-refractivity contribution >= 4 is 40.3 Å². The van der Waals surface area contributed by atoms with Crippen molar-refractivity contribution in [3.05, 3.63) is 95.0 Å². The molecule has 2 aromatic carbocycles. The predicted molar refractivity (Wildman–Crippen MR) is 128 cm³/mol. The number of hydrogen-bond acceptors (Lipinski definition) is 6. The fraction of sp³-hybridized carbons (Fsp3) is 0.125. The van der Waals surface area contributed by atoms with E-state index in [1.807, 2.05) is 12.1 Å². The first kappa shape index (κ1) is 22.2. The first-order chi connectivity index (χ1) is 16.0. The molecule has 0 fully saturated rings. The summed E-state index contributed by atoms with van der Waals surface area (Å²) in [5.41, 5.74) is 1.74. The minimum Gasteiger partial charge on any atom is -0.308 e. The van der Waals surface area contributed by atoms with Gasteiger partial charge in [0.25, 0.3) is 5.56 Å². The molecule has 0 saturated heterocycles. The summed E-state index contributed by atoms with van der Waals surface area (Å²) < 4.78 is 1.53. The molecule has 2 N–H and O–H groups in total. The Morgan fingerprint density at radius 2 is 1.79 bits per heavy atom. The van der Waals surface area contributed by atoms with Crippen molar-refractivity contribution in [2.45, 2.75) is 23.9 Å². The number of pyridine rings is 1. The van der Waals surface area contributed by atoms with E-state index in [2.05, 4.69) is 20.6 Å². The summed E-state index contributed by atoms with van der Waals surface area (Å²) in [5.74, 6) is -0.497. The number of anilines is 1. The topological polar surface area (TPSA) is 106 Å². The molecule has 0 spiro atoms. The average Bonchev–Trinajstić information content (AvgIpc) is 2.82. The molecule has 1 unspecified atom stereocenters. The first-order valence-electron chi connectivity index (χ1n) is 10.2. The summed E-state index contributed by atoms with van der Waals surface area (Å²) >= 11 is 1.11. The Balaban J connectivity index is 1.56. The highest BCUT2D eigenvalue weighted by atomic mass is 32.2. The normalized spacial score (nSPS) is 11.7. The summed E-state index contributed by atoms with van der Waals surface area (Å²) in [6, 6.07) is 18.9. The molecule has 8 nitrogen and oxygen atoms in total. The van der Waals surface area contributed by atoms with E-state index in [4.69, 9.17) is 0 Å². The van der Waals surface area contributed by atoms with Crippen molar-refractivity contribution in [1.82, 2.24) is 19.9 Å². The van der Waals surface area contributed by atoms with Crippen LogP contribution in [0.15, 0.2) is 89.1 Å². The highest BCUT2D eigenvalue weighted by Gasteiger charge is 2.21. The molecule has 1 atom stereocenters. The average molecular weight is 460 g/mol. The van der Waals surface area contributed by atoms with Gasteiger partial charge in [-0.25, -0.2) is 9.78 Å². The Labute approximate surface area is 194 Å². The molecule has 2 heterocycles. The van der Waals surface area contributed by atoms with Crippen molar-refractivity contribution < 1.29 is 9.59 Å². The lowest BCUT2D eigenvalue weighted by molar-refractivity contribution is -0.119. The molecule has 0 aliphatic heterocycles. The van der Waals surface area contributed by atoms with Crippen LogP contribution in [-0.2, 0) is 11.3 Å². The minimum atomic E-state index is -0.681. The number of hydrogen-bond donors (Lipinski definition) is 2. The molecule has 0 saturated carbocycles. The summed E-state index contributed by atoms with van der Waals surface area (Å²) in [6.07, 6.45) is 3.34. The maximum Gasteiger partial charge on any atom is 0.325 e. The standard InChI is InChI=1S/C24H21N5O3S/c1-16(21(30)28-23(32)26-18-9-3-2-4-10-18)33-24-27-20-12-6-5-11-19(20)22(31)29(24)15-17-8-7-13-25-14-17/h2-14,16H,15H2,1H3,(H2,26,28,30,32). The highest BCUT2D eigenvalue weighted by Crippen LogP contribution is 2.23. The minimum absolute atomic E-state index is 0.207. The van der Waals surface area contributed by atoms with E-state index in [1.165, 1.54) is 4.57 Å². The zero-order chi connectivity index (χ0) is 23.2. The number of amides is 3. The second-order valence-corrected chi connectivity index (χ2v) is 8.54. The third-order valence-corrected chi connectivity index (χ3v) is 5.90. The number of urea groups is 1. The quantitative estimate of drug-likeness (QED) is 0.337. The fourth-order valence-corrected chi connectivity index (χ4v) is 4.07. The van der Waals surface area contributed by atoms with Crippen molar-refractivity contribution in [1.29, 1.82) is 0 Å². The van der Waals surface area contributed by atoms with Gasteiger partial charge in [0.05, 0.1) is 22.7 Å². The predicted octanol–water partition coefficient (Wildman–Crippen LogP) is 3.67. The Morgan fingerprint density at radius 3 is 2.55 bits per heavy atom. The maximum absolute atomic E-state index is 13.2. The van der Waals surface area contributed by atoms with Crippen LogP contribution < -0.4 is 16.2 Å². The molecular formula is C24H21N5O3S. The van der Waals surface area contributed by atoms with Gasteiger partial charge in [-0.05, 0) is 42.8 Å². The molecule has 9 heteroatoms. The van der Waals surface area contributed by atoms with E-state index in [0.29, 0.717) is 21.7 Å². The smallest absolute Gasteiger partial charge is 0.308 e. The number of para-hydroxylation sites is 2. The van der Waals surface area contributed by atoms with Gasteiger partial charge in [-0.15, -0.1) is 0 Å². The molecular weight excluding hydrogens is 438 g/mol. The van der Waals surface area contributed by atoms with Gasteiger partial charge in [0, 0.05) is 18.1 Å². The molecule has 2 aromatic heterocycles. The summed E-state index contributed by atoms with van der Waals surface area (Å²) in [5, 5.41) is 5.14. The lowest BCUT2D eigenvalue weighted by atomic mass is 10.2. The molecule has 0 bridgehead atoms. The van der Waals surface area contributed by atoms with Crippen molar-refractivity contribution in [2.75, 3.05) is 5.32 Å². The third kappa shape index (κ3) is 5.45. The summed E-state index contributed by atoms with van der Waals surface area (Å²) in [6.45, 7) is 1.92. The summed E-state index contributed by atoms with van der Waals surface area (Å²) in [4.78, 5) is 46.8. The molecule has 166 valence electrons. The molecule has 4 aromatic rings. The van der Waals surface area contributed by atoms with E-state index in [0.717, 1.165) is 17.3 Å². The Morgan fingerprint density at radius 1 is 1.03 bits per heavy atom. The van der Waals surface area contributed by atoms with Gasteiger partial charge in [-0.2, -0.15) is 0 Å². The van der Waals surface area contributed by atoms with Gasteiger partial charge in [0.15, 0.2) is 5.16 Å². The Kier molecular flexibility index (Phi) is 6.80. The van der Waals surface area contributed by atoms with E-state index in [-0.39, 0.29) is 12.1 Å². The van der Waals surface area contributed by atoms with Crippen molar-refractivity contribution in [3.63, 3.8) is 0 Å². The zero-order valence-corrected chi connectivity index (χ0v) is 18.6. The number of aromatic nitrogens is 3. The van der Waals surface area contributed by atoms with Gasteiger partial charge < -0.3 is 5.32 Å². The molecule has 0 aliphatic carbocycles. The number of nitrogens with one attached hydrogen (secondary N) is 2. The monoisotopic (exact) mass is 459 g/mol. The van der Waals surface area contributed by atoms with Crippen LogP contribution in [0.1, 0.15) is 12.5 Å². The number of fused-ring (bicyclic) bond motifs is 1. The van der Waals surface area contributed by atoms with Crippen LogP contribution in [0.4, 0.5) is 10.5 Å². The number of imide groups is 1. The highest BCUT2D eigenvalue weighted by molar-refractivity contribution is 8.00. The number of benzene rings is 2. The van der Waals surface area contributed by atoms with Crippen LogP contribution >= 0.6 is 11.8 Å². The summed E-state index contributed by atoms with van der Waals surface area (Å²) in [7, 11) is 0. The fourth-order valence-electron chi connectivity index (χ4n) is 3.16. The van der Waals surface area contributed by atoms with Crippen LogP contribution in [0.25, 0.3) is 10.9 Å². The number of carbonyl (C=O) groups excluding carboxylic acids is 2. The van der Waals surface area contributed by atoms with Gasteiger partial charge in [0.2, 0.25) is 5.91 Å².